The zero-order valence-corrected chi connectivity index (χ0v) is 10.4. The quantitative estimate of drug-likeness (QED) is 0.761. The molecular weight excluding hydrogens is 246 g/mol. The molecule has 6 nitrogen and oxygen atoms in total. The number of hydrogen-bond donors (Lipinski definition) is 1. The van der Waals surface area contributed by atoms with Crippen molar-refractivity contribution in [3.63, 3.8) is 0 Å². The number of fused-ring (bicyclic) bond motifs is 1. The molecule has 0 aliphatic rings. The van der Waals surface area contributed by atoms with Crippen LogP contribution in [-0.4, -0.2) is 25.6 Å². The van der Waals surface area contributed by atoms with Gasteiger partial charge in [-0.05, 0) is 25.1 Å². The monoisotopic (exact) mass is 257 g/mol. The molecule has 3 aromatic rings. The van der Waals surface area contributed by atoms with Gasteiger partial charge in [-0.1, -0.05) is 0 Å². The summed E-state index contributed by atoms with van der Waals surface area (Å²) in [5.41, 5.74) is 2.42. The Morgan fingerprint density at radius 3 is 2.84 bits per heavy atom. The SMILES string of the molecule is Cc1ncoc1-c1nc2cc(C(=O)O)ccc2n1C. The summed E-state index contributed by atoms with van der Waals surface area (Å²) in [6, 6.07) is 4.84. The molecule has 1 N–H and O–H groups in total. The van der Waals surface area contributed by atoms with Crippen LogP contribution in [0.3, 0.4) is 0 Å². The number of rotatable bonds is 2. The molecule has 0 atom stereocenters. The van der Waals surface area contributed by atoms with Crippen molar-refractivity contribution in [1.29, 1.82) is 0 Å². The van der Waals surface area contributed by atoms with Gasteiger partial charge >= 0.3 is 5.97 Å². The maximum Gasteiger partial charge on any atom is 0.335 e. The van der Waals surface area contributed by atoms with Crippen molar-refractivity contribution in [2.24, 2.45) is 7.05 Å². The zero-order chi connectivity index (χ0) is 13.6. The van der Waals surface area contributed by atoms with E-state index in [-0.39, 0.29) is 5.56 Å². The fraction of sp³-hybridized carbons (Fsp3) is 0.154. The number of oxazole rings is 1. The molecule has 96 valence electrons. The van der Waals surface area contributed by atoms with Crippen LogP contribution in [0, 0.1) is 6.92 Å². The van der Waals surface area contributed by atoms with Crippen LogP contribution >= 0.6 is 0 Å². The van der Waals surface area contributed by atoms with Gasteiger partial charge in [0.2, 0.25) is 0 Å². The Balaban J connectivity index is 2.26. The van der Waals surface area contributed by atoms with E-state index in [1.807, 2.05) is 18.5 Å². The molecule has 0 amide bonds. The molecule has 2 heterocycles. The summed E-state index contributed by atoms with van der Waals surface area (Å²) in [4.78, 5) is 19.4. The summed E-state index contributed by atoms with van der Waals surface area (Å²) in [5, 5.41) is 8.99. The van der Waals surface area contributed by atoms with E-state index in [4.69, 9.17) is 9.52 Å². The minimum Gasteiger partial charge on any atom is -0.478 e. The average molecular weight is 257 g/mol. The van der Waals surface area contributed by atoms with Crippen molar-refractivity contribution in [2.45, 2.75) is 6.92 Å². The van der Waals surface area contributed by atoms with Crippen LogP contribution in [-0.2, 0) is 7.05 Å². The minimum atomic E-state index is -0.968. The Kier molecular flexibility index (Phi) is 2.38. The third-order valence-electron chi connectivity index (χ3n) is 3.08. The third kappa shape index (κ3) is 1.69. The second-order valence-electron chi connectivity index (χ2n) is 4.27. The second-order valence-corrected chi connectivity index (χ2v) is 4.27. The van der Waals surface area contributed by atoms with Gasteiger partial charge in [0.15, 0.2) is 18.0 Å². The molecule has 0 aliphatic heterocycles. The third-order valence-corrected chi connectivity index (χ3v) is 3.08. The number of carboxylic acid groups (broad SMARTS) is 1. The van der Waals surface area contributed by atoms with Gasteiger partial charge < -0.3 is 14.1 Å². The molecule has 0 aliphatic carbocycles. The van der Waals surface area contributed by atoms with Gasteiger partial charge in [0.1, 0.15) is 0 Å². The molecule has 1 aromatic carbocycles. The number of benzene rings is 1. The predicted molar refractivity (Wildman–Crippen MR) is 67.9 cm³/mol. The largest absolute Gasteiger partial charge is 0.478 e. The van der Waals surface area contributed by atoms with Crippen molar-refractivity contribution in [2.75, 3.05) is 0 Å². The summed E-state index contributed by atoms with van der Waals surface area (Å²) >= 11 is 0. The topological polar surface area (TPSA) is 81.2 Å². The lowest BCUT2D eigenvalue weighted by molar-refractivity contribution is 0.0697. The van der Waals surface area contributed by atoms with Crippen molar-refractivity contribution in [3.05, 3.63) is 35.9 Å². The van der Waals surface area contributed by atoms with Crippen LogP contribution in [0.15, 0.2) is 29.0 Å². The lowest BCUT2D eigenvalue weighted by Crippen LogP contribution is -1.95. The predicted octanol–water partition coefficient (Wildman–Crippen LogP) is 2.23. The van der Waals surface area contributed by atoms with Gasteiger partial charge in [-0.3, -0.25) is 0 Å². The molecule has 3 rings (SSSR count). The van der Waals surface area contributed by atoms with Crippen LogP contribution < -0.4 is 0 Å². The molecule has 0 spiro atoms. The van der Waals surface area contributed by atoms with Crippen LogP contribution in [0.1, 0.15) is 16.1 Å². The highest BCUT2D eigenvalue weighted by atomic mass is 16.4. The van der Waals surface area contributed by atoms with E-state index in [9.17, 15) is 4.79 Å². The van der Waals surface area contributed by atoms with Crippen LogP contribution in [0.4, 0.5) is 0 Å². The maximum atomic E-state index is 11.0. The highest BCUT2D eigenvalue weighted by molar-refractivity contribution is 5.93. The summed E-state index contributed by atoms with van der Waals surface area (Å²) in [6.07, 6.45) is 1.37. The fourth-order valence-electron chi connectivity index (χ4n) is 2.05. The minimum absolute atomic E-state index is 0.214. The van der Waals surface area contributed by atoms with Gasteiger partial charge in [-0.25, -0.2) is 14.8 Å². The lowest BCUT2D eigenvalue weighted by atomic mass is 10.2. The Morgan fingerprint density at radius 1 is 1.42 bits per heavy atom. The molecular formula is C13H11N3O3. The van der Waals surface area contributed by atoms with Gasteiger partial charge in [0, 0.05) is 7.05 Å². The van der Waals surface area contributed by atoms with Crippen LogP contribution in [0.25, 0.3) is 22.6 Å². The van der Waals surface area contributed by atoms with Gasteiger partial charge in [-0.2, -0.15) is 0 Å². The summed E-state index contributed by atoms with van der Waals surface area (Å²) < 4.78 is 7.18. The van der Waals surface area contributed by atoms with Gasteiger partial charge in [-0.15, -0.1) is 0 Å². The maximum absolute atomic E-state index is 11.0. The van der Waals surface area contributed by atoms with E-state index in [1.165, 1.54) is 6.39 Å². The summed E-state index contributed by atoms with van der Waals surface area (Å²) in [5.74, 6) is 0.257. The summed E-state index contributed by atoms with van der Waals surface area (Å²) in [6.45, 7) is 1.83. The first kappa shape index (κ1) is 11.5. The Hall–Kier alpha value is -2.63. The first-order chi connectivity index (χ1) is 9.08. The fourth-order valence-corrected chi connectivity index (χ4v) is 2.05. The molecule has 2 aromatic heterocycles. The van der Waals surface area contributed by atoms with Crippen molar-refractivity contribution >= 4 is 17.0 Å². The molecule has 6 heteroatoms. The zero-order valence-electron chi connectivity index (χ0n) is 10.4. The van der Waals surface area contributed by atoms with Crippen molar-refractivity contribution in [1.82, 2.24) is 14.5 Å². The average Bonchev–Trinajstić information content (AvgIpc) is 2.93. The Morgan fingerprint density at radius 2 is 2.21 bits per heavy atom. The Bertz CT molecular complexity index is 786. The lowest BCUT2D eigenvalue weighted by Gasteiger charge is -1.99. The van der Waals surface area contributed by atoms with E-state index in [1.54, 1.807) is 18.2 Å². The first-order valence-corrected chi connectivity index (χ1v) is 5.68. The molecule has 0 saturated heterocycles. The molecule has 0 radical (unpaired) electrons. The van der Waals surface area contributed by atoms with E-state index in [2.05, 4.69) is 9.97 Å². The number of carboxylic acids is 1. The number of hydrogen-bond acceptors (Lipinski definition) is 4. The highest BCUT2D eigenvalue weighted by Crippen LogP contribution is 2.26. The number of aromatic carboxylic acids is 1. The van der Waals surface area contributed by atoms with E-state index >= 15 is 0 Å². The number of imidazole rings is 1. The van der Waals surface area contributed by atoms with Crippen LogP contribution in [0.2, 0.25) is 0 Å². The standard InChI is InChI=1S/C13H11N3O3/c1-7-11(19-6-14-7)12-15-9-5-8(13(17)18)3-4-10(9)16(12)2/h3-6H,1-2H3,(H,17,18). The summed E-state index contributed by atoms with van der Waals surface area (Å²) in [7, 11) is 1.85. The second kappa shape index (κ2) is 3.94. The molecule has 0 fully saturated rings. The van der Waals surface area contributed by atoms with E-state index in [0.29, 0.717) is 17.1 Å². The smallest absolute Gasteiger partial charge is 0.335 e. The number of aromatic nitrogens is 3. The van der Waals surface area contributed by atoms with E-state index in [0.717, 1.165) is 11.2 Å². The van der Waals surface area contributed by atoms with Crippen LogP contribution in [0.5, 0.6) is 0 Å². The number of carbonyl (C=O) groups is 1. The van der Waals surface area contributed by atoms with Gasteiger partial charge in [0.25, 0.3) is 0 Å². The molecule has 0 unspecified atom stereocenters. The normalized spacial score (nSPS) is 11.1. The highest BCUT2D eigenvalue weighted by Gasteiger charge is 2.16. The first-order valence-electron chi connectivity index (χ1n) is 5.68. The Labute approximate surface area is 108 Å². The van der Waals surface area contributed by atoms with Crippen molar-refractivity contribution in [3.8, 4) is 11.6 Å². The van der Waals surface area contributed by atoms with E-state index < -0.39 is 5.97 Å². The number of nitrogens with zero attached hydrogens (tertiary/aromatic N) is 3. The van der Waals surface area contributed by atoms with Crippen molar-refractivity contribution < 1.29 is 14.3 Å². The molecule has 0 saturated carbocycles. The van der Waals surface area contributed by atoms with Gasteiger partial charge in [0.05, 0.1) is 22.3 Å². The number of aryl methyl sites for hydroxylation is 2. The molecule has 19 heavy (non-hydrogen) atoms. The molecule has 0 bridgehead atoms.